The maximum Gasteiger partial charge on any atom is 0.230 e. The normalized spacial score (nSPS) is 26.0. The Labute approximate surface area is 132 Å². The monoisotopic (exact) mass is 305 g/mol. The highest BCUT2D eigenvalue weighted by Gasteiger charge is 2.33. The van der Waals surface area contributed by atoms with Crippen LogP contribution < -0.4 is 0 Å². The van der Waals surface area contributed by atoms with Crippen molar-refractivity contribution in [2.45, 2.75) is 56.9 Å². The quantitative estimate of drug-likeness (QED) is 0.753. The predicted octanol–water partition coefficient (Wildman–Crippen LogP) is 4.12. The lowest BCUT2D eigenvalue weighted by Gasteiger charge is -2.34. The van der Waals surface area contributed by atoms with E-state index in [1.807, 2.05) is 0 Å². The zero-order valence-corrected chi connectivity index (χ0v) is 13.3. The lowest BCUT2D eigenvalue weighted by atomic mass is 9.82. The Kier molecular flexibility index (Phi) is 4.84. The van der Waals surface area contributed by atoms with Crippen molar-refractivity contribution in [1.82, 2.24) is 4.90 Å². The van der Waals surface area contributed by atoms with Gasteiger partial charge in [-0.2, -0.15) is 0 Å². The Morgan fingerprint density at radius 1 is 1.14 bits per heavy atom. The van der Waals surface area contributed by atoms with Crippen molar-refractivity contribution in [1.29, 1.82) is 0 Å². The smallest absolute Gasteiger partial charge is 0.230 e. The van der Waals surface area contributed by atoms with Crippen LogP contribution in [-0.4, -0.2) is 29.3 Å². The number of nitrogens with zero attached hydrogens (tertiary/aromatic N) is 1. The molecular weight excluding hydrogens is 282 g/mol. The van der Waals surface area contributed by atoms with Crippen LogP contribution in [0.25, 0.3) is 0 Å². The molecule has 1 heterocycles. The Balaban J connectivity index is 1.84. The Morgan fingerprint density at radius 3 is 2.86 bits per heavy atom. The standard InChI is InChI=1S/C18H24ClNO/c19-13-15-9-2-1-5-12-20(15)18(21)17-11-6-8-14-7-3-4-10-16(14)17/h3-4,7,10,15,17H,1-2,5-6,8-9,11-13H2. The van der Waals surface area contributed by atoms with Crippen LogP contribution in [0.3, 0.4) is 0 Å². The second-order valence-electron chi connectivity index (χ2n) is 6.33. The van der Waals surface area contributed by atoms with Crippen LogP contribution in [0, 0.1) is 0 Å². The van der Waals surface area contributed by atoms with Crippen LogP contribution in [-0.2, 0) is 11.2 Å². The molecule has 2 nitrogen and oxygen atoms in total. The Hall–Kier alpha value is -1.02. The first-order valence-electron chi connectivity index (χ1n) is 8.25. The molecule has 1 aromatic carbocycles. The largest absolute Gasteiger partial charge is 0.338 e. The van der Waals surface area contributed by atoms with E-state index in [1.54, 1.807) is 0 Å². The molecule has 1 aliphatic carbocycles. The number of rotatable bonds is 2. The molecule has 1 aromatic rings. The zero-order chi connectivity index (χ0) is 14.7. The summed E-state index contributed by atoms with van der Waals surface area (Å²) < 4.78 is 0. The van der Waals surface area contributed by atoms with Crippen LogP contribution in [0.15, 0.2) is 24.3 Å². The van der Waals surface area contributed by atoms with Crippen molar-refractivity contribution < 1.29 is 4.79 Å². The summed E-state index contributed by atoms with van der Waals surface area (Å²) in [6.45, 7) is 0.884. The summed E-state index contributed by atoms with van der Waals surface area (Å²) in [4.78, 5) is 15.2. The number of carbonyl (C=O) groups excluding carboxylic acids is 1. The highest BCUT2D eigenvalue weighted by atomic mass is 35.5. The molecule has 0 saturated carbocycles. The molecule has 2 unspecified atom stereocenters. The molecule has 2 atom stereocenters. The van der Waals surface area contributed by atoms with Gasteiger partial charge in [0.2, 0.25) is 5.91 Å². The summed E-state index contributed by atoms with van der Waals surface area (Å²) in [7, 11) is 0. The van der Waals surface area contributed by atoms with Gasteiger partial charge in [0, 0.05) is 18.5 Å². The SMILES string of the molecule is O=C(C1CCCc2ccccc21)N1CCCCCC1CCl. The van der Waals surface area contributed by atoms with Gasteiger partial charge in [0.1, 0.15) is 0 Å². The molecule has 1 aliphatic heterocycles. The third-order valence-electron chi connectivity index (χ3n) is 5.01. The van der Waals surface area contributed by atoms with E-state index in [9.17, 15) is 4.79 Å². The summed E-state index contributed by atoms with van der Waals surface area (Å²) >= 11 is 6.14. The Bertz CT molecular complexity index is 502. The second kappa shape index (κ2) is 6.83. The highest BCUT2D eigenvalue weighted by Crippen LogP contribution is 2.34. The number of hydrogen-bond acceptors (Lipinski definition) is 1. The first-order chi connectivity index (χ1) is 10.3. The molecule has 3 heteroatoms. The van der Waals surface area contributed by atoms with Crippen LogP contribution in [0.2, 0.25) is 0 Å². The average Bonchev–Trinajstić information content (AvgIpc) is 2.79. The number of aryl methyl sites for hydroxylation is 1. The van der Waals surface area contributed by atoms with Crippen molar-refractivity contribution in [3.8, 4) is 0 Å². The molecule has 0 spiro atoms. The van der Waals surface area contributed by atoms with Gasteiger partial charge in [-0.3, -0.25) is 4.79 Å². The maximum absolute atomic E-state index is 13.1. The van der Waals surface area contributed by atoms with Gasteiger partial charge in [0.25, 0.3) is 0 Å². The van der Waals surface area contributed by atoms with E-state index in [2.05, 4.69) is 29.2 Å². The number of amides is 1. The van der Waals surface area contributed by atoms with Crippen LogP contribution in [0.1, 0.15) is 55.6 Å². The van der Waals surface area contributed by atoms with Crippen LogP contribution >= 0.6 is 11.6 Å². The van der Waals surface area contributed by atoms with Gasteiger partial charge in [-0.1, -0.05) is 37.1 Å². The first kappa shape index (κ1) is 14.9. The lowest BCUT2D eigenvalue weighted by Crippen LogP contribution is -2.44. The fraction of sp³-hybridized carbons (Fsp3) is 0.611. The molecule has 0 aromatic heterocycles. The second-order valence-corrected chi connectivity index (χ2v) is 6.64. The zero-order valence-electron chi connectivity index (χ0n) is 12.6. The number of benzene rings is 1. The van der Waals surface area contributed by atoms with Gasteiger partial charge < -0.3 is 4.90 Å². The molecule has 1 saturated heterocycles. The van der Waals surface area contributed by atoms with E-state index in [1.165, 1.54) is 24.0 Å². The van der Waals surface area contributed by atoms with Gasteiger partial charge >= 0.3 is 0 Å². The van der Waals surface area contributed by atoms with Crippen LogP contribution in [0.4, 0.5) is 0 Å². The summed E-state index contributed by atoms with van der Waals surface area (Å²) in [6, 6.07) is 8.70. The Morgan fingerprint density at radius 2 is 2.00 bits per heavy atom. The fourth-order valence-corrected chi connectivity index (χ4v) is 4.16. The summed E-state index contributed by atoms with van der Waals surface area (Å²) in [6.07, 6.45) is 7.81. The third-order valence-corrected chi connectivity index (χ3v) is 5.36. The molecular formula is C18H24ClNO. The number of alkyl halides is 1. The van der Waals surface area contributed by atoms with Crippen molar-refractivity contribution in [3.05, 3.63) is 35.4 Å². The number of fused-ring (bicyclic) bond motifs is 1. The van der Waals surface area contributed by atoms with Gasteiger partial charge in [-0.25, -0.2) is 0 Å². The minimum Gasteiger partial charge on any atom is -0.338 e. The average molecular weight is 306 g/mol. The topological polar surface area (TPSA) is 20.3 Å². The van der Waals surface area contributed by atoms with E-state index >= 15 is 0 Å². The molecule has 1 amide bonds. The van der Waals surface area contributed by atoms with Gasteiger partial charge in [-0.05, 0) is 43.2 Å². The highest BCUT2D eigenvalue weighted by molar-refractivity contribution is 6.18. The first-order valence-corrected chi connectivity index (χ1v) is 8.79. The van der Waals surface area contributed by atoms with E-state index in [-0.39, 0.29) is 12.0 Å². The number of likely N-dealkylation sites (tertiary alicyclic amines) is 1. The minimum atomic E-state index is 0.0544. The van der Waals surface area contributed by atoms with Gasteiger partial charge in [0.05, 0.1) is 5.92 Å². The summed E-state index contributed by atoms with van der Waals surface area (Å²) in [5.41, 5.74) is 2.62. The fourth-order valence-electron chi connectivity index (χ4n) is 3.84. The molecule has 2 aliphatic rings. The minimum absolute atomic E-state index is 0.0544. The van der Waals surface area contributed by atoms with E-state index in [0.29, 0.717) is 11.8 Å². The van der Waals surface area contributed by atoms with Crippen molar-refractivity contribution >= 4 is 17.5 Å². The molecule has 0 radical (unpaired) electrons. The van der Waals surface area contributed by atoms with Crippen molar-refractivity contribution in [2.75, 3.05) is 12.4 Å². The lowest BCUT2D eigenvalue weighted by molar-refractivity contribution is -0.135. The number of hydrogen-bond donors (Lipinski definition) is 0. The maximum atomic E-state index is 13.1. The predicted molar refractivity (Wildman–Crippen MR) is 86.8 cm³/mol. The van der Waals surface area contributed by atoms with Gasteiger partial charge in [-0.15, -0.1) is 11.6 Å². The third kappa shape index (κ3) is 3.11. The molecule has 0 N–H and O–H groups in total. The van der Waals surface area contributed by atoms with Crippen molar-refractivity contribution in [2.24, 2.45) is 0 Å². The summed E-state index contributed by atoms with van der Waals surface area (Å²) in [5, 5.41) is 0. The van der Waals surface area contributed by atoms with Crippen molar-refractivity contribution in [3.63, 3.8) is 0 Å². The number of halogens is 1. The van der Waals surface area contributed by atoms with E-state index in [0.717, 1.165) is 38.6 Å². The van der Waals surface area contributed by atoms with Crippen LogP contribution in [0.5, 0.6) is 0 Å². The molecule has 3 rings (SSSR count). The van der Waals surface area contributed by atoms with E-state index in [4.69, 9.17) is 11.6 Å². The summed E-state index contributed by atoms with van der Waals surface area (Å²) in [5.74, 6) is 0.939. The van der Waals surface area contributed by atoms with E-state index < -0.39 is 0 Å². The molecule has 1 fully saturated rings. The molecule has 21 heavy (non-hydrogen) atoms. The molecule has 114 valence electrons. The number of carbonyl (C=O) groups is 1. The molecule has 0 bridgehead atoms. The van der Waals surface area contributed by atoms with Gasteiger partial charge in [0.15, 0.2) is 0 Å².